The normalized spacial score (nSPS) is 22.6. The molecule has 0 aliphatic heterocycles. The van der Waals surface area contributed by atoms with Crippen molar-refractivity contribution in [2.24, 2.45) is 11.8 Å². The zero-order valence-electron chi connectivity index (χ0n) is 31.4. The number of aliphatic hydroxyl groups is 1. The minimum Gasteiger partial charge on any atom is -0.494 e. The van der Waals surface area contributed by atoms with E-state index in [1.54, 1.807) is 39.2 Å². The molecule has 16 nitrogen and oxygen atoms in total. The summed E-state index contributed by atoms with van der Waals surface area (Å²) in [5, 5.41) is 20.6. The van der Waals surface area contributed by atoms with E-state index in [-0.39, 0.29) is 47.5 Å². The number of benzene rings is 1. The summed E-state index contributed by atoms with van der Waals surface area (Å²) in [7, 11) is 7.99. The molecule has 0 saturated heterocycles. The predicted molar refractivity (Wildman–Crippen MR) is 187 cm³/mol. The van der Waals surface area contributed by atoms with Crippen LogP contribution in [0.15, 0.2) is 28.7 Å². The van der Waals surface area contributed by atoms with Crippen molar-refractivity contribution in [2.45, 2.75) is 71.6 Å². The number of rotatable bonds is 9. The quantitative estimate of drug-likeness (QED) is 0.207. The Hall–Kier alpha value is -4.93. The molecule has 4 rings (SSSR count). The molecular formula is C36H47N5O11. The molecule has 3 amide bonds. The van der Waals surface area contributed by atoms with E-state index in [9.17, 15) is 38.7 Å². The molecule has 282 valence electrons. The number of amides is 3. The van der Waals surface area contributed by atoms with E-state index in [4.69, 9.17) is 14.2 Å². The number of Topliss-reactive ketones (excluding diaryl/α,β-unsaturated/α-hetero) is 2. The SMILES string of the molecule is COc1c(NC(=O)CNC(C)(C)C)cc(N(C)C)c2c1C(=O)C1=C(OC(C)=O)[C@]3(O)C(=O)C(C(=O)NC(C)=O)=C(OC(C)=O)[C@@H](N(C)C)[C@@H]3C[C@@H]1C2. The number of hydrogen-bond donors (Lipinski definition) is 4. The lowest BCUT2D eigenvalue weighted by Gasteiger charge is -2.51. The molecule has 0 fully saturated rings. The van der Waals surface area contributed by atoms with Gasteiger partial charge >= 0.3 is 11.9 Å². The van der Waals surface area contributed by atoms with Crippen LogP contribution in [-0.4, -0.2) is 110 Å². The fourth-order valence-corrected chi connectivity index (χ4v) is 7.23. The minimum atomic E-state index is -2.82. The standard InChI is InChI=1S/C36H47N5O11/c1-16(42)38-34(48)27-31(51-17(2)43)28(41(9)10)21-13-19-12-20-23(40(7)8)14-22(39-24(45)15-37-35(4,5)6)30(50-11)26(20)29(46)25(19)33(52-18(3)44)36(21,49)32(27)47/h14,19,21,28,37,49H,12-13,15H2,1-11H3,(H,39,45)(H,38,42,48)/t19-,21-,28-,36+/m0/s1. The maximum Gasteiger partial charge on any atom is 0.307 e. The number of carbonyl (C=O) groups excluding carboxylic acids is 7. The first kappa shape index (κ1) is 39.8. The van der Waals surface area contributed by atoms with Crippen molar-refractivity contribution in [1.29, 1.82) is 0 Å². The number of nitrogens with zero attached hydrogens (tertiary/aromatic N) is 2. The van der Waals surface area contributed by atoms with Crippen molar-refractivity contribution >= 4 is 52.6 Å². The van der Waals surface area contributed by atoms with E-state index in [1.165, 1.54) is 12.0 Å². The van der Waals surface area contributed by atoms with Gasteiger partial charge in [0, 0.05) is 57.6 Å². The second-order valence-corrected chi connectivity index (χ2v) is 14.6. The maximum absolute atomic E-state index is 14.9. The van der Waals surface area contributed by atoms with Crippen LogP contribution in [0.5, 0.6) is 5.75 Å². The average molecular weight is 726 g/mol. The Morgan fingerprint density at radius 2 is 1.62 bits per heavy atom. The first-order valence-corrected chi connectivity index (χ1v) is 16.7. The highest BCUT2D eigenvalue weighted by molar-refractivity contribution is 6.27. The summed E-state index contributed by atoms with van der Waals surface area (Å²) >= 11 is 0. The second kappa shape index (κ2) is 14.6. The van der Waals surface area contributed by atoms with E-state index in [1.807, 2.05) is 26.1 Å². The highest BCUT2D eigenvalue weighted by Crippen LogP contribution is 2.55. The van der Waals surface area contributed by atoms with Crippen LogP contribution in [0, 0.1) is 11.8 Å². The van der Waals surface area contributed by atoms with E-state index in [0.717, 1.165) is 20.8 Å². The first-order valence-electron chi connectivity index (χ1n) is 16.7. The highest BCUT2D eigenvalue weighted by Gasteiger charge is 2.65. The number of imide groups is 1. The van der Waals surface area contributed by atoms with Crippen LogP contribution in [0.25, 0.3) is 0 Å². The van der Waals surface area contributed by atoms with Gasteiger partial charge in [-0.15, -0.1) is 0 Å². The summed E-state index contributed by atoms with van der Waals surface area (Å²) < 4.78 is 16.9. The third kappa shape index (κ3) is 7.36. The van der Waals surface area contributed by atoms with Crippen LogP contribution in [0.4, 0.5) is 11.4 Å². The van der Waals surface area contributed by atoms with Gasteiger partial charge in [-0.3, -0.25) is 43.8 Å². The van der Waals surface area contributed by atoms with Crippen LogP contribution in [0.1, 0.15) is 63.9 Å². The summed E-state index contributed by atoms with van der Waals surface area (Å²) in [6, 6.07) is 0.528. The molecule has 0 unspecified atom stereocenters. The van der Waals surface area contributed by atoms with Crippen molar-refractivity contribution in [1.82, 2.24) is 15.5 Å². The largest absolute Gasteiger partial charge is 0.494 e. The summed E-state index contributed by atoms with van der Waals surface area (Å²) in [4.78, 5) is 96.3. The number of methoxy groups -OCH3 is 1. The van der Waals surface area contributed by atoms with Gasteiger partial charge in [-0.2, -0.15) is 0 Å². The fraction of sp³-hybridized carbons (Fsp3) is 0.528. The van der Waals surface area contributed by atoms with Crippen LogP contribution in [0.3, 0.4) is 0 Å². The number of anilines is 2. The summed E-state index contributed by atoms with van der Waals surface area (Å²) in [6.45, 7) is 8.78. The number of ether oxygens (including phenoxy) is 3. The lowest BCUT2D eigenvalue weighted by Crippen LogP contribution is -2.64. The van der Waals surface area contributed by atoms with Gasteiger partial charge in [-0.1, -0.05) is 0 Å². The molecule has 3 aliphatic carbocycles. The molecule has 52 heavy (non-hydrogen) atoms. The van der Waals surface area contributed by atoms with Crippen molar-refractivity contribution < 1.29 is 52.9 Å². The molecule has 0 saturated carbocycles. The van der Waals surface area contributed by atoms with E-state index >= 15 is 0 Å². The number of carbonyl (C=O) groups is 7. The molecule has 0 bridgehead atoms. The third-order valence-electron chi connectivity index (χ3n) is 9.14. The van der Waals surface area contributed by atoms with Gasteiger partial charge in [0.05, 0.1) is 30.9 Å². The Bertz CT molecular complexity index is 1820. The minimum absolute atomic E-state index is 0.0108. The average Bonchev–Trinajstić information content (AvgIpc) is 3.00. The molecule has 0 spiro atoms. The topological polar surface area (TPSA) is 210 Å². The van der Waals surface area contributed by atoms with Crippen molar-refractivity contribution in [3.63, 3.8) is 0 Å². The molecule has 0 heterocycles. The Morgan fingerprint density at radius 1 is 1.00 bits per heavy atom. The molecule has 4 N–H and O–H groups in total. The monoisotopic (exact) mass is 725 g/mol. The first-order chi connectivity index (χ1) is 24.0. The number of esters is 2. The van der Waals surface area contributed by atoms with Gasteiger partial charge in [0.2, 0.25) is 17.6 Å². The van der Waals surface area contributed by atoms with Crippen molar-refractivity contribution in [2.75, 3.05) is 52.1 Å². The van der Waals surface area contributed by atoms with E-state index in [0.29, 0.717) is 11.3 Å². The molecular weight excluding hydrogens is 678 g/mol. The zero-order chi connectivity index (χ0) is 39.2. The van der Waals surface area contributed by atoms with Crippen LogP contribution in [0.2, 0.25) is 0 Å². The summed E-state index contributed by atoms with van der Waals surface area (Å²) in [5.41, 5.74) is -2.92. The number of nitrogens with one attached hydrogen (secondary N) is 3. The van der Waals surface area contributed by atoms with Gasteiger partial charge in [0.25, 0.3) is 5.91 Å². The summed E-state index contributed by atoms with van der Waals surface area (Å²) in [6.07, 6.45) is 0.0605. The maximum atomic E-state index is 14.9. The van der Waals surface area contributed by atoms with Gasteiger partial charge < -0.3 is 34.9 Å². The van der Waals surface area contributed by atoms with Gasteiger partial charge in [-0.05, 0) is 65.3 Å². The zero-order valence-corrected chi connectivity index (χ0v) is 31.4. The number of allylic oxidation sites excluding steroid dienone is 1. The molecule has 3 aliphatic rings. The Kier molecular flexibility index (Phi) is 11.2. The molecule has 1 aromatic rings. The van der Waals surface area contributed by atoms with Crippen LogP contribution in [-0.2, 0) is 44.7 Å². The number of hydrogen-bond acceptors (Lipinski definition) is 14. The predicted octanol–water partition coefficient (Wildman–Crippen LogP) is 1.00. The Balaban J connectivity index is 2.04. The Labute approximate surface area is 301 Å². The molecule has 4 atom stereocenters. The molecule has 0 radical (unpaired) electrons. The Morgan fingerprint density at radius 3 is 2.12 bits per heavy atom. The molecule has 0 aromatic heterocycles. The second-order valence-electron chi connectivity index (χ2n) is 14.6. The lowest BCUT2D eigenvalue weighted by atomic mass is 9.58. The van der Waals surface area contributed by atoms with Crippen LogP contribution >= 0.6 is 0 Å². The van der Waals surface area contributed by atoms with E-state index in [2.05, 4.69) is 10.6 Å². The van der Waals surface area contributed by atoms with Crippen LogP contribution < -0.4 is 25.6 Å². The van der Waals surface area contributed by atoms with E-state index < -0.39 is 81.8 Å². The third-order valence-corrected chi connectivity index (χ3v) is 9.14. The lowest BCUT2D eigenvalue weighted by molar-refractivity contribution is -0.158. The number of likely N-dealkylation sites (N-methyl/N-ethyl adjacent to an activating group) is 1. The van der Waals surface area contributed by atoms with Crippen molar-refractivity contribution in [3.05, 3.63) is 39.9 Å². The number of ketones is 2. The molecule has 16 heteroatoms. The van der Waals surface area contributed by atoms with Gasteiger partial charge in [0.1, 0.15) is 11.3 Å². The smallest absolute Gasteiger partial charge is 0.307 e. The van der Waals surface area contributed by atoms with Crippen molar-refractivity contribution in [3.8, 4) is 5.75 Å². The number of fused-ring (bicyclic) bond motifs is 3. The van der Waals surface area contributed by atoms with Gasteiger partial charge in [-0.25, -0.2) is 0 Å². The fourth-order valence-electron chi connectivity index (χ4n) is 7.23. The highest BCUT2D eigenvalue weighted by atomic mass is 16.6. The molecule has 1 aromatic carbocycles. The summed E-state index contributed by atoms with van der Waals surface area (Å²) in [5.74, 6) is -9.50. The van der Waals surface area contributed by atoms with Gasteiger partial charge in [0.15, 0.2) is 22.9 Å².